The van der Waals surface area contributed by atoms with Crippen molar-refractivity contribution in [2.45, 2.75) is 120 Å². The van der Waals surface area contributed by atoms with E-state index in [9.17, 15) is 34.4 Å². The van der Waals surface area contributed by atoms with Crippen LogP contribution in [0.25, 0.3) is 76.4 Å². The highest BCUT2D eigenvalue weighted by Crippen LogP contribution is 2.41. The number of carbonyl (C=O) groups excluding carboxylic acids is 3. The van der Waals surface area contributed by atoms with E-state index in [4.69, 9.17) is 52.0 Å². The van der Waals surface area contributed by atoms with Gasteiger partial charge in [-0.05, 0) is 122 Å². The van der Waals surface area contributed by atoms with Gasteiger partial charge in [0.15, 0.2) is 0 Å². The van der Waals surface area contributed by atoms with Gasteiger partial charge in [0.25, 0.3) is 17.4 Å². The van der Waals surface area contributed by atoms with Crippen LogP contribution in [0.5, 0.6) is 23.0 Å². The Morgan fingerprint density at radius 3 is 1.22 bits per heavy atom. The Labute approximate surface area is 761 Å². The number of ether oxygens (including phenoxy) is 3. The SMILES string of the molecule is C.CC.CC(=O)O.CC(C(=O)Nc1c(N)cc(OCc2ccccc2)c2ccccc12)N(C)C.CC(C(=O)O)N(C)C.CC(c1nc2c([nH]1)C(=O)C(=O)c1ccccc1-2)N(C)C.CC(c1nc2c(cc(O)c3ccccc32)[nH]1)N(C)C.CC(c1nc2c(cc(OCc3ccccc3)c3ccccc32)[nH]1)N(C)C.Nc1c([N+](=O)[O-])cc(OCc2ccccc2)c2ccccc12.[2H]C. The summed E-state index contributed by atoms with van der Waals surface area (Å²) in [4.78, 5) is 100. The average Bonchev–Trinajstić information content (AvgIpc) is 1.70. The molecule has 11 N–H and O–H groups in total. The minimum absolute atomic E-state index is 0. The molecule has 1 amide bonds. The van der Waals surface area contributed by atoms with Gasteiger partial charge in [-0.1, -0.05) is 241 Å². The molecule has 684 valence electrons. The van der Waals surface area contributed by atoms with Gasteiger partial charge in [0.2, 0.25) is 11.7 Å². The summed E-state index contributed by atoms with van der Waals surface area (Å²) in [5, 5.41) is 47.1. The van der Waals surface area contributed by atoms with Crippen molar-refractivity contribution in [3.05, 3.63) is 292 Å². The molecular formula is C102H123N15O13. The number of nitro benzene ring substituents is 1. The quantitative estimate of drug-likeness (QED) is 0.0140. The van der Waals surface area contributed by atoms with Crippen molar-refractivity contribution in [3.8, 4) is 34.3 Å². The van der Waals surface area contributed by atoms with Crippen molar-refractivity contribution in [3.63, 3.8) is 0 Å². The molecule has 28 heteroatoms. The summed E-state index contributed by atoms with van der Waals surface area (Å²) < 4.78 is 23.7. The molecule has 0 saturated carbocycles. The zero-order valence-corrected chi connectivity index (χ0v) is 76.6. The van der Waals surface area contributed by atoms with E-state index < -0.39 is 28.4 Å². The number of aromatic hydroxyl groups is 1. The number of hydrogen-bond acceptors (Lipinski definition) is 21. The Kier molecular flexibility index (Phi) is 37.2. The number of nitrogens with zero attached hydrogens (tertiary/aromatic N) is 9. The second kappa shape index (κ2) is 47.9. The van der Waals surface area contributed by atoms with Gasteiger partial charge in [-0.3, -0.25) is 58.6 Å². The van der Waals surface area contributed by atoms with E-state index in [0.29, 0.717) is 70.9 Å². The number of carboxylic acids is 2. The smallest absolute Gasteiger partial charge is 0.320 e. The van der Waals surface area contributed by atoms with Crippen molar-refractivity contribution in [1.82, 2.24) is 54.4 Å². The molecule has 28 nitrogen and oxygen atoms in total. The molecule has 0 bridgehead atoms. The number of fused-ring (bicyclic) bond motifs is 11. The summed E-state index contributed by atoms with van der Waals surface area (Å²) in [7, 11) is 20.5. The Morgan fingerprint density at radius 1 is 0.462 bits per heavy atom. The lowest BCUT2D eigenvalue weighted by Crippen LogP contribution is -2.37. The van der Waals surface area contributed by atoms with Gasteiger partial charge in [-0.2, -0.15) is 0 Å². The highest BCUT2D eigenvalue weighted by molar-refractivity contribution is 6.52. The first-order valence-corrected chi connectivity index (χ1v) is 41.8. The van der Waals surface area contributed by atoms with Crippen molar-refractivity contribution in [1.29, 1.82) is 0 Å². The van der Waals surface area contributed by atoms with E-state index in [2.05, 4.69) is 93.3 Å². The number of nitrogens with two attached hydrogens (primary N) is 2. The number of ketones is 2. The predicted molar refractivity (Wildman–Crippen MR) is 524 cm³/mol. The Bertz CT molecular complexity index is 6320. The number of nitro groups is 1. The Balaban J connectivity index is 0.000000215. The fourth-order valence-electron chi connectivity index (χ4n) is 13.1. The average molecular weight is 1770 g/mol. The molecule has 0 radical (unpaired) electrons. The molecule has 130 heavy (non-hydrogen) atoms. The van der Waals surface area contributed by atoms with E-state index in [1.807, 2.05) is 244 Å². The molecule has 0 spiro atoms. The number of nitrogen functional groups attached to an aromatic ring is 2. The third kappa shape index (κ3) is 25.9. The molecule has 0 fully saturated rings. The van der Waals surface area contributed by atoms with E-state index in [-0.39, 0.29) is 60.7 Å². The molecule has 1 aliphatic rings. The number of amides is 1. The number of phenols is 1. The Hall–Kier alpha value is -14.4. The van der Waals surface area contributed by atoms with Gasteiger partial charge < -0.3 is 61.3 Å². The van der Waals surface area contributed by atoms with E-state index in [1.165, 1.54) is 13.5 Å². The number of aliphatic carboxylic acids is 2. The summed E-state index contributed by atoms with van der Waals surface area (Å²) >= 11 is 0. The maximum atomic E-state index is 12.5. The van der Waals surface area contributed by atoms with Crippen LogP contribution in [0.4, 0.5) is 22.7 Å². The largest absolute Gasteiger partial charge is 0.507 e. The summed E-state index contributed by atoms with van der Waals surface area (Å²) in [5.74, 6) is 2.20. The number of benzene rings is 12. The van der Waals surface area contributed by atoms with Crippen LogP contribution >= 0.6 is 0 Å². The zero-order chi connectivity index (χ0) is 95.3. The first-order valence-electron chi connectivity index (χ1n) is 42.8. The maximum absolute atomic E-state index is 12.5. The lowest BCUT2D eigenvalue weighted by Gasteiger charge is -2.21. The molecule has 12 aromatic carbocycles. The van der Waals surface area contributed by atoms with Crippen molar-refractivity contribution >= 4 is 117 Å². The molecule has 16 rings (SSSR count). The highest BCUT2D eigenvalue weighted by atomic mass is 16.6. The normalized spacial score (nSPS) is 12.3. The minimum Gasteiger partial charge on any atom is -0.507 e. The van der Waals surface area contributed by atoms with E-state index in [0.717, 1.165) is 106 Å². The fourth-order valence-corrected chi connectivity index (χ4v) is 13.1. The van der Waals surface area contributed by atoms with Gasteiger partial charge in [0.05, 0.1) is 68.6 Å². The standard InChI is InChI=1S/C22H25N3O2.C22H23N3O.C17H14N2O3.C15H15N3O2.C15H17N3O.C5H11NO2.C2H4O2.C2H6.2CH4/c1-15(25(2)3)22(26)24-21-18-12-8-7-11-17(18)20(13-19(21)23)27-14-16-9-5-4-6-10-16;1-15(25(2)3)22-23-19-13-20(26-14-16-9-5-4-6-10-16)17-11-7-8-12-18(17)21(19)24-22;18-17-14-9-5-4-8-13(14)16(10-15(17)19(20)21)22-11-12-6-2-1-3-7-12;1-8(18(2)3)15-16-11-9-6-4-5-7-10(9)13(19)14(20)12(11)17-15;1-9(18(2)3)15-16-12-8-13(19)10-6-4-5-7-11(10)14(12)17-15;1-4(5(7)8)6(2)3;1-2(3)4;1-2;;/h4-13,15H,14,23H2,1-3H3,(H,24,26);4-13,15H,14H2,1-3H3,(H,23,24);1-10H,11,18H2;4-8H,1-3H3,(H,16,17);4-9,19H,1-3H3,(H,16,17);4H,1-3H3,(H,7,8);1H3,(H,3,4);1-2H3;2*1H4/i;;;;;;;;1D;. The van der Waals surface area contributed by atoms with Gasteiger partial charge in [-0.25, -0.2) is 15.0 Å². The second-order valence-electron chi connectivity index (χ2n) is 31.3. The third-order valence-corrected chi connectivity index (χ3v) is 21.6. The Morgan fingerprint density at radius 2 is 0.808 bits per heavy atom. The number of aromatic nitrogens is 6. The van der Waals surface area contributed by atoms with Crippen LogP contribution in [0.1, 0.15) is 145 Å². The lowest BCUT2D eigenvalue weighted by molar-refractivity contribution is -0.383. The third-order valence-electron chi connectivity index (χ3n) is 21.6. The van der Waals surface area contributed by atoms with Crippen LogP contribution < -0.4 is 31.0 Å². The van der Waals surface area contributed by atoms with Crippen LogP contribution in [-0.2, 0) is 34.2 Å². The van der Waals surface area contributed by atoms with Crippen molar-refractivity contribution in [2.24, 2.45) is 0 Å². The number of hydrogen-bond donors (Lipinski definition) is 9. The van der Waals surface area contributed by atoms with Crippen LogP contribution in [-0.4, -0.2) is 187 Å². The number of imidazole rings is 3. The van der Waals surface area contributed by atoms with Crippen molar-refractivity contribution < 1.29 is 59.8 Å². The summed E-state index contributed by atoms with van der Waals surface area (Å²) in [6, 6.07) is 74.8. The fraction of sp³-hybridized carbons (Fsp3) is 0.275. The highest BCUT2D eigenvalue weighted by Gasteiger charge is 2.34. The van der Waals surface area contributed by atoms with Gasteiger partial charge in [0.1, 0.15) is 83.4 Å². The molecule has 3 heterocycles. The number of phenolic OH excluding ortho intramolecular Hbond substituents is 1. The first-order chi connectivity index (χ1) is 62.1. The number of carboxylic acid groups (broad SMARTS) is 2. The number of rotatable bonds is 21. The lowest BCUT2D eigenvalue weighted by atomic mass is 9.90. The predicted octanol–water partition coefficient (Wildman–Crippen LogP) is 20.2. The molecule has 0 aliphatic heterocycles. The monoisotopic (exact) mass is 1770 g/mol. The number of aromatic amines is 3. The van der Waals surface area contributed by atoms with Crippen LogP contribution in [0.3, 0.4) is 0 Å². The van der Waals surface area contributed by atoms with Gasteiger partial charge in [0, 0.05) is 80.7 Å². The molecule has 5 unspecified atom stereocenters. The number of H-pyrrole nitrogens is 3. The molecule has 15 aromatic rings. The van der Waals surface area contributed by atoms with Gasteiger partial charge >= 0.3 is 5.97 Å². The number of carbonyl (C=O) groups is 5. The first kappa shape index (κ1) is 101. The molecule has 3 aromatic heterocycles. The van der Waals surface area contributed by atoms with Crippen LogP contribution in [0.2, 0.25) is 0 Å². The van der Waals surface area contributed by atoms with Crippen LogP contribution in [0, 0.1) is 10.1 Å². The molecule has 5 atom stereocenters. The number of anilines is 3. The van der Waals surface area contributed by atoms with E-state index in [1.54, 1.807) is 62.3 Å². The van der Waals surface area contributed by atoms with Crippen LogP contribution in [0.15, 0.2) is 237 Å². The summed E-state index contributed by atoms with van der Waals surface area (Å²) in [6.45, 7) is 16.1. The second-order valence-corrected chi connectivity index (χ2v) is 31.3. The minimum atomic E-state index is -0.833. The molecule has 0 saturated heterocycles. The molecular weight excluding hydrogens is 1640 g/mol. The summed E-state index contributed by atoms with van der Waals surface area (Å²) in [5.41, 5.74) is 22.4. The number of likely N-dealkylation sites (N-methyl/N-ethyl adjacent to an activating group) is 2. The number of Topliss-reactive ketones (excluding diaryl/α,β-unsaturated/α-hetero) is 2. The summed E-state index contributed by atoms with van der Waals surface area (Å²) in [6.07, 6.45) is 0. The van der Waals surface area contributed by atoms with Crippen molar-refractivity contribution in [2.75, 3.05) is 87.3 Å². The number of nitrogens with one attached hydrogen (secondary N) is 4. The topological polar surface area (TPSA) is 383 Å². The molecule has 1 aliphatic carbocycles. The van der Waals surface area contributed by atoms with Gasteiger partial charge in [-0.15, -0.1) is 0 Å². The maximum Gasteiger partial charge on any atom is 0.320 e. The van der Waals surface area contributed by atoms with E-state index >= 15 is 0 Å². The zero-order valence-electron chi connectivity index (χ0n) is 77.6.